The molecule has 0 saturated heterocycles. The van der Waals surface area contributed by atoms with Crippen molar-refractivity contribution in [3.8, 4) is 0 Å². The predicted octanol–water partition coefficient (Wildman–Crippen LogP) is 0.0969. The van der Waals surface area contributed by atoms with Gasteiger partial charge < -0.3 is 21.5 Å². The van der Waals surface area contributed by atoms with E-state index in [1.54, 1.807) is 0 Å². The fourth-order valence-corrected chi connectivity index (χ4v) is 2.57. The van der Waals surface area contributed by atoms with E-state index in [2.05, 4.69) is 23.3 Å². The molecule has 134 valence electrons. The van der Waals surface area contributed by atoms with Crippen molar-refractivity contribution in [2.24, 2.45) is 11.7 Å². The molecule has 0 aliphatic rings. The first kappa shape index (κ1) is 22.1. The highest BCUT2D eigenvalue weighted by atomic mass is 32.2. The molecule has 0 saturated carbocycles. The number of carbonyl (C=O) groups excluding carboxylic acids is 2. The van der Waals surface area contributed by atoms with Crippen LogP contribution in [0.3, 0.4) is 0 Å². The van der Waals surface area contributed by atoms with E-state index in [1.165, 1.54) is 11.8 Å². The zero-order valence-corrected chi connectivity index (χ0v) is 15.5. The van der Waals surface area contributed by atoms with E-state index in [4.69, 9.17) is 10.8 Å². The molecule has 0 rings (SSSR count). The first-order chi connectivity index (χ1) is 10.7. The molecule has 0 aliphatic heterocycles. The van der Waals surface area contributed by atoms with Gasteiger partial charge in [0, 0.05) is 5.75 Å². The number of hydrogen-bond acceptors (Lipinski definition) is 6. The lowest BCUT2D eigenvalue weighted by Gasteiger charge is -2.22. The van der Waals surface area contributed by atoms with Crippen LogP contribution in [-0.2, 0) is 14.4 Å². The molecule has 0 radical (unpaired) electrons. The molecule has 0 fully saturated rings. The van der Waals surface area contributed by atoms with Gasteiger partial charge in [-0.1, -0.05) is 13.8 Å². The van der Waals surface area contributed by atoms with Crippen LogP contribution in [0, 0.1) is 5.92 Å². The van der Waals surface area contributed by atoms with Crippen LogP contribution >= 0.6 is 24.4 Å². The summed E-state index contributed by atoms with van der Waals surface area (Å²) < 4.78 is 0. The molecule has 0 aromatic rings. The summed E-state index contributed by atoms with van der Waals surface area (Å²) in [6.07, 6.45) is 2.79. The zero-order valence-electron chi connectivity index (χ0n) is 13.7. The van der Waals surface area contributed by atoms with Crippen LogP contribution in [0.5, 0.6) is 0 Å². The molecule has 5 N–H and O–H groups in total. The largest absolute Gasteiger partial charge is 0.480 e. The van der Waals surface area contributed by atoms with Gasteiger partial charge in [-0.3, -0.25) is 9.59 Å². The number of nitrogens with one attached hydrogen (secondary N) is 2. The van der Waals surface area contributed by atoms with Gasteiger partial charge in [0.2, 0.25) is 11.8 Å². The van der Waals surface area contributed by atoms with Crippen LogP contribution < -0.4 is 16.4 Å². The lowest BCUT2D eigenvalue weighted by molar-refractivity contribution is -0.141. The molecule has 0 aromatic carbocycles. The summed E-state index contributed by atoms with van der Waals surface area (Å²) in [5.41, 5.74) is 5.82. The monoisotopic (exact) mass is 365 g/mol. The normalized spacial score (nSPS) is 14.9. The molecule has 3 unspecified atom stereocenters. The van der Waals surface area contributed by atoms with Gasteiger partial charge in [-0.05, 0) is 30.8 Å². The van der Waals surface area contributed by atoms with Crippen LogP contribution in [0.1, 0.15) is 26.7 Å². The average Bonchev–Trinajstić information content (AvgIpc) is 2.47. The summed E-state index contributed by atoms with van der Waals surface area (Å²) in [5, 5.41) is 14.0. The van der Waals surface area contributed by atoms with Gasteiger partial charge >= 0.3 is 5.97 Å². The minimum atomic E-state index is -1.17. The lowest BCUT2D eigenvalue weighted by atomic mass is 10.0. The van der Waals surface area contributed by atoms with Crippen molar-refractivity contribution in [3.63, 3.8) is 0 Å². The van der Waals surface area contributed by atoms with Crippen LogP contribution in [0.4, 0.5) is 0 Å². The number of rotatable bonds is 11. The molecule has 0 aromatic heterocycles. The number of hydrogen-bond donors (Lipinski definition) is 5. The Balaban J connectivity index is 4.82. The third-order valence-corrected chi connectivity index (χ3v) is 4.11. The van der Waals surface area contributed by atoms with Crippen LogP contribution in [0.25, 0.3) is 0 Å². The Labute approximate surface area is 146 Å². The van der Waals surface area contributed by atoms with Gasteiger partial charge in [-0.2, -0.15) is 24.4 Å². The highest BCUT2D eigenvalue weighted by Crippen LogP contribution is 2.06. The fraction of sp³-hybridized carbons (Fsp3) is 0.786. The third kappa shape index (κ3) is 9.07. The Bertz CT molecular complexity index is 407. The van der Waals surface area contributed by atoms with Crippen molar-refractivity contribution in [1.82, 2.24) is 10.6 Å². The lowest BCUT2D eigenvalue weighted by Crippen LogP contribution is -2.55. The summed E-state index contributed by atoms with van der Waals surface area (Å²) in [5.74, 6) is -1.23. The summed E-state index contributed by atoms with van der Waals surface area (Å²) in [4.78, 5) is 35.3. The van der Waals surface area contributed by atoms with Gasteiger partial charge in [-0.15, -0.1) is 0 Å². The summed E-state index contributed by atoms with van der Waals surface area (Å²) >= 11 is 5.43. The van der Waals surface area contributed by atoms with E-state index >= 15 is 0 Å². The predicted molar refractivity (Wildman–Crippen MR) is 95.8 cm³/mol. The molecule has 0 heterocycles. The number of nitrogens with two attached hydrogens (primary N) is 1. The second kappa shape index (κ2) is 11.6. The number of carbonyl (C=O) groups is 3. The van der Waals surface area contributed by atoms with E-state index in [1.807, 2.05) is 20.1 Å². The van der Waals surface area contributed by atoms with E-state index < -0.39 is 35.9 Å². The smallest absolute Gasteiger partial charge is 0.327 e. The Kier molecular flexibility index (Phi) is 11.1. The molecule has 9 heteroatoms. The Morgan fingerprint density at radius 2 is 1.74 bits per heavy atom. The van der Waals surface area contributed by atoms with E-state index in [9.17, 15) is 14.4 Å². The van der Waals surface area contributed by atoms with Gasteiger partial charge in [0.1, 0.15) is 12.1 Å². The van der Waals surface area contributed by atoms with E-state index in [0.29, 0.717) is 18.6 Å². The number of thiol groups is 1. The topological polar surface area (TPSA) is 122 Å². The summed E-state index contributed by atoms with van der Waals surface area (Å²) in [6.45, 7) is 3.91. The van der Waals surface area contributed by atoms with Crippen LogP contribution in [0.15, 0.2) is 0 Å². The van der Waals surface area contributed by atoms with Crippen molar-refractivity contribution < 1.29 is 19.5 Å². The number of carboxylic acids is 1. The maximum absolute atomic E-state index is 12.2. The molecule has 3 atom stereocenters. The van der Waals surface area contributed by atoms with Gasteiger partial charge in [0.25, 0.3) is 0 Å². The molecule has 7 nitrogen and oxygen atoms in total. The minimum absolute atomic E-state index is 0.0306. The number of aliphatic carboxylic acids is 1. The highest BCUT2D eigenvalue weighted by Gasteiger charge is 2.27. The summed E-state index contributed by atoms with van der Waals surface area (Å²) in [7, 11) is 0. The molecular formula is C14H27N3O4S2. The number of amides is 2. The van der Waals surface area contributed by atoms with Crippen LogP contribution in [-0.4, -0.2) is 58.8 Å². The van der Waals surface area contributed by atoms with Gasteiger partial charge in [-0.25, -0.2) is 4.79 Å². The van der Waals surface area contributed by atoms with Gasteiger partial charge in [0.05, 0.1) is 6.04 Å². The van der Waals surface area contributed by atoms with Gasteiger partial charge in [0.15, 0.2) is 0 Å². The first-order valence-electron chi connectivity index (χ1n) is 7.41. The Morgan fingerprint density at radius 1 is 1.17 bits per heavy atom. The number of thioether (sulfide) groups is 1. The maximum atomic E-state index is 12.2. The van der Waals surface area contributed by atoms with E-state index in [-0.39, 0.29) is 11.7 Å². The number of carboxylic acid groups (broad SMARTS) is 1. The van der Waals surface area contributed by atoms with Crippen molar-refractivity contribution in [3.05, 3.63) is 0 Å². The van der Waals surface area contributed by atoms with Crippen LogP contribution in [0.2, 0.25) is 0 Å². The highest BCUT2D eigenvalue weighted by molar-refractivity contribution is 7.98. The Morgan fingerprint density at radius 3 is 2.17 bits per heavy atom. The Hall–Kier alpha value is -0.930. The second-order valence-corrected chi connectivity index (χ2v) is 7.01. The standard InChI is InChI=1S/C14H27N3O4S2/c1-8(2)6-9(15)12(18)16-10(4-5-23-3)13(19)17-11(7-22)14(20)21/h8-11,22H,4-7,15H2,1-3H3,(H,16,18)(H,17,19)(H,20,21). The van der Waals surface area contributed by atoms with Crippen molar-refractivity contribution >= 4 is 42.2 Å². The average molecular weight is 366 g/mol. The van der Waals surface area contributed by atoms with Crippen molar-refractivity contribution in [2.75, 3.05) is 17.8 Å². The SMILES string of the molecule is CSCCC(NC(=O)C(N)CC(C)C)C(=O)NC(CS)C(=O)O. The quantitative estimate of drug-likeness (QED) is 0.331. The summed E-state index contributed by atoms with van der Waals surface area (Å²) in [6, 6.07) is -2.60. The van der Waals surface area contributed by atoms with Crippen molar-refractivity contribution in [1.29, 1.82) is 0 Å². The molecule has 0 aliphatic carbocycles. The molecule has 23 heavy (non-hydrogen) atoms. The third-order valence-electron chi connectivity index (χ3n) is 3.10. The molecule has 2 amide bonds. The molecule has 0 bridgehead atoms. The second-order valence-electron chi connectivity index (χ2n) is 5.66. The first-order valence-corrected chi connectivity index (χ1v) is 9.44. The fourth-order valence-electron chi connectivity index (χ4n) is 1.86. The zero-order chi connectivity index (χ0) is 18.0. The minimum Gasteiger partial charge on any atom is -0.480 e. The molecule has 0 spiro atoms. The van der Waals surface area contributed by atoms with E-state index in [0.717, 1.165) is 0 Å². The molecular weight excluding hydrogens is 338 g/mol. The van der Waals surface area contributed by atoms with Crippen molar-refractivity contribution in [2.45, 2.75) is 44.8 Å². The maximum Gasteiger partial charge on any atom is 0.327 e.